The second-order valence-electron chi connectivity index (χ2n) is 5.67. The van der Waals surface area contributed by atoms with Crippen LogP contribution in [0.2, 0.25) is 5.02 Å². The summed E-state index contributed by atoms with van der Waals surface area (Å²) in [5.74, 6) is 0.149. The van der Waals surface area contributed by atoms with E-state index >= 15 is 0 Å². The molecule has 6 heteroatoms. The molecule has 0 unspecified atom stereocenters. The summed E-state index contributed by atoms with van der Waals surface area (Å²) in [6.45, 7) is 0.336. The van der Waals surface area contributed by atoms with Crippen molar-refractivity contribution in [1.29, 1.82) is 0 Å². The van der Waals surface area contributed by atoms with Gasteiger partial charge in [-0.25, -0.2) is 5.43 Å². The predicted octanol–water partition coefficient (Wildman–Crippen LogP) is 5.45. The Balaban J connectivity index is 1.65. The molecule has 3 rings (SSSR count). The van der Waals surface area contributed by atoms with Crippen LogP contribution in [-0.2, 0) is 6.61 Å². The Bertz CT molecular complexity index is 958. The predicted molar refractivity (Wildman–Crippen MR) is 111 cm³/mol. The molecule has 3 aromatic carbocycles. The van der Waals surface area contributed by atoms with Crippen molar-refractivity contribution in [1.82, 2.24) is 5.43 Å². The number of carbonyl (C=O) groups is 1. The average molecular weight is 444 g/mol. The third kappa shape index (κ3) is 5.67. The molecule has 0 heterocycles. The SMILES string of the molecule is O=C(N/N=C/c1cccc(Br)c1)c1ccccc1OCc1ccc(Cl)cc1. The summed E-state index contributed by atoms with van der Waals surface area (Å²) >= 11 is 9.28. The standard InChI is InChI=1S/C21H16BrClN2O2/c22-17-5-3-4-16(12-17)13-24-25-21(26)19-6-1-2-7-20(19)27-14-15-8-10-18(23)11-9-15/h1-13H,14H2,(H,25,26)/b24-13+. The van der Waals surface area contributed by atoms with Gasteiger partial charge < -0.3 is 4.74 Å². The Labute approximate surface area is 171 Å². The van der Waals surface area contributed by atoms with Crippen molar-refractivity contribution in [3.8, 4) is 5.75 Å². The summed E-state index contributed by atoms with van der Waals surface area (Å²) in [7, 11) is 0. The summed E-state index contributed by atoms with van der Waals surface area (Å²) in [6.07, 6.45) is 1.58. The maximum absolute atomic E-state index is 12.4. The first-order valence-corrected chi connectivity index (χ1v) is 9.34. The zero-order chi connectivity index (χ0) is 19.1. The molecule has 0 fully saturated rings. The van der Waals surface area contributed by atoms with E-state index < -0.39 is 0 Å². The number of hydrogen-bond donors (Lipinski definition) is 1. The van der Waals surface area contributed by atoms with Gasteiger partial charge in [0.1, 0.15) is 12.4 Å². The van der Waals surface area contributed by atoms with Crippen molar-refractivity contribution in [3.05, 3.63) is 99.0 Å². The monoisotopic (exact) mass is 442 g/mol. The molecule has 0 saturated carbocycles. The van der Waals surface area contributed by atoms with E-state index in [1.807, 2.05) is 42.5 Å². The highest BCUT2D eigenvalue weighted by atomic mass is 79.9. The molecule has 0 spiro atoms. The largest absolute Gasteiger partial charge is 0.488 e. The van der Waals surface area contributed by atoms with Gasteiger partial charge in [-0.3, -0.25) is 4.79 Å². The lowest BCUT2D eigenvalue weighted by molar-refractivity contribution is 0.0950. The highest BCUT2D eigenvalue weighted by molar-refractivity contribution is 9.10. The number of hydrogen-bond acceptors (Lipinski definition) is 3. The van der Waals surface area contributed by atoms with Gasteiger partial charge in [0, 0.05) is 9.50 Å². The maximum atomic E-state index is 12.4. The van der Waals surface area contributed by atoms with Gasteiger partial charge in [-0.15, -0.1) is 0 Å². The molecule has 0 saturated heterocycles. The van der Waals surface area contributed by atoms with E-state index in [1.54, 1.807) is 36.5 Å². The fourth-order valence-electron chi connectivity index (χ4n) is 2.33. The highest BCUT2D eigenvalue weighted by Crippen LogP contribution is 2.20. The van der Waals surface area contributed by atoms with Gasteiger partial charge in [-0.2, -0.15) is 5.10 Å². The van der Waals surface area contributed by atoms with Crippen LogP contribution in [0.25, 0.3) is 0 Å². The minimum absolute atomic E-state index is 0.336. The lowest BCUT2D eigenvalue weighted by Gasteiger charge is -2.10. The number of halogens is 2. The van der Waals surface area contributed by atoms with Gasteiger partial charge in [0.15, 0.2) is 0 Å². The number of nitrogens with one attached hydrogen (secondary N) is 1. The Kier molecular flexibility index (Phi) is 6.63. The van der Waals surface area contributed by atoms with E-state index in [-0.39, 0.29) is 5.91 Å². The minimum atomic E-state index is -0.340. The molecule has 0 atom stereocenters. The number of amides is 1. The van der Waals surface area contributed by atoms with E-state index in [2.05, 4.69) is 26.5 Å². The number of carbonyl (C=O) groups excluding carboxylic acids is 1. The summed E-state index contributed by atoms with van der Waals surface area (Å²) < 4.78 is 6.75. The molecule has 0 aliphatic carbocycles. The molecule has 0 radical (unpaired) electrons. The Hall–Kier alpha value is -2.63. The fraction of sp³-hybridized carbons (Fsp3) is 0.0476. The van der Waals surface area contributed by atoms with Gasteiger partial charge in [0.05, 0.1) is 11.8 Å². The van der Waals surface area contributed by atoms with Crippen LogP contribution in [0.3, 0.4) is 0 Å². The zero-order valence-electron chi connectivity index (χ0n) is 14.2. The summed E-state index contributed by atoms with van der Waals surface area (Å²) in [6, 6.07) is 22.0. The van der Waals surface area contributed by atoms with Crippen molar-refractivity contribution in [2.75, 3.05) is 0 Å². The molecule has 3 aromatic rings. The number of ether oxygens (including phenoxy) is 1. The van der Waals surface area contributed by atoms with Crippen LogP contribution in [0.1, 0.15) is 21.5 Å². The fourth-order valence-corrected chi connectivity index (χ4v) is 2.88. The van der Waals surface area contributed by atoms with Crippen LogP contribution in [0.15, 0.2) is 82.4 Å². The quantitative estimate of drug-likeness (QED) is 0.407. The van der Waals surface area contributed by atoms with E-state index in [1.165, 1.54) is 0 Å². The van der Waals surface area contributed by atoms with E-state index in [0.29, 0.717) is 22.9 Å². The van der Waals surface area contributed by atoms with E-state index in [9.17, 15) is 4.79 Å². The van der Waals surface area contributed by atoms with Crippen LogP contribution in [0, 0.1) is 0 Å². The maximum Gasteiger partial charge on any atom is 0.275 e. The normalized spacial score (nSPS) is 10.7. The molecule has 0 bridgehead atoms. The molecule has 1 N–H and O–H groups in total. The third-order valence-electron chi connectivity index (χ3n) is 3.67. The first-order valence-electron chi connectivity index (χ1n) is 8.17. The summed E-state index contributed by atoms with van der Waals surface area (Å²) in [5, 5.41) is 4.68. The van der Waals surface area contributed by atoms with Crippen molar-refractivity contribution in [2.24, 2.45) is 5.10 Å². The van der Waals surface area contributed by atoms with Crippen LogP contribution in [-0.4, -0.2) is 12.1 Å². The van der Waals surface area contributed by atoms with E-state index in [4.69, 9.17) is 16.3 Å². The smallest absolute Gasteiger partial charge is 0.275 e. The Morgan fingerprint density at radius 1 is 1.07 bits per heavy atom. The summed E-state index contributed by atoms with van der Waals surface area (Å²) in [4.78, 5) is 12.4. The van der Waals surface area contributed by atoms with Crippen LogP contribution >= 0.6 is 27.5 Å². The molecule has 0 aliphatic rings. The average Bonchev–Trinajstić information content (AvgIpc) is 2.68. The Morgan fingerprint density at radius 3 is 2.63 bits per heavy atom. The number of nitrogens with zero attached hydrogens (tertiary/aromatic N) is 1. The van der Waals surface area contributed by atoms with Crippen LogP contribution < -0.4 is 10.2 Å². The van der Waals surface area contributed by atoms with Gasteiger partial charge in [0.25, 0.3) is 5.91 Å². The van der Waals surface area contributed by atoms with Gasteiger partial charge in [-0.1, -0.05) is 63.9 Å². The molecule has 1 amide bonds. The van der Waals surface area contributed by atoms with Crippen molar-refractivity contribution in [2.45, 2.75) is 6.61 Å². The van der Waals surface area contributed by atoms with Gasteiger partial charge in [0.2, 0.25) is 0 Å². The molecule has 0 aliphatic heterocycles. The van der Waals surface area contributed by atoms with Crippen molar-refractivity contribution in [3.63, 3.8) is 0 Å². The molecule has 27 heavy (non-hydrogen) atoms. The summed E-state index contributed by atoms with van der Waals surface area (Å²) in [5.41, 5.74) is 4.78. The minimum Gasteiger partial charge on any atom is -0.488 e. The van der Waals surface area contributed by atoms with Crippen molar-refractivity contribution < 1.29 is 9.53 Å². The Morgan fingerprint density at radius 2 is 1.85 bits per heavy atom. The van der Waals surface area contributed by atoms with Gasteiger partial charge in [-0.05, 0) is 47.5 Å². The lowest BCUT2D eigenvalue weighted by Crippen LogP contribution is -2.18. The topological polar surface area (TPSA) is 50.7 Å². The number of hydrazone groups is 1. The third-order valence-corrected chi connectivity index (χ3v) is 4.41. The van der Waals surface area contributed by atoms with Crippen LogP contribution in [0.4, 0.5) is 0 Å². The molecule has 4 nitrogen and oxygen atoms in total. The number of benzene rings is 3. The first kappa shape index (κ1) is 19.1. The lowest BCUT2D eigenvalue weighted by atomic mass is 10.2. The molecule has 136 valence electrons. The van der Waals surface area contributed by atoms with E-state index in [0.717, 1.165) is 15.6 Å². The highest BCUT2D eigenvalue weighted by Gasteiger charge is 2.11. The number of rotatable bonds is 6. The molecular weight excluding hydrogens is 428 g/mol. The zero-order valence-corrected chi connectivity index (χ0v) is 16.6. The van der Waals surface area contributed by atoms with Crippen molar-refractivity contribution >= 4 is 39.7 Å². The molecular formula is C21H16BrClN2O2. The second kappa shape index (κ2) is 9.35. The second-order valence-corrected chi connectivity index (χ2v) is 7.02. The van der Waals surface area contributed by atoms with Gasteiger partial charge >= 0.3 is 0 Å². The molecule has 0 aromatic heterocycles. The first-order chi connectivity index (χ1) is 13.1. The van der Waals surface area contributed by atoms with Crippen LogP contribution in [0.5, 0.6) is 5.75 Å². The number of para-hydroxylation sites is 1.